The Hall–Kier alpha value is -1.68. The number of hydrogen-bond acceptors (Lipinski definition) is 3. The lowest BCUT2D eigenvalue weighted by atomic mass is 10.2. The van der Waals surface area contributed by atoms with Crippen LogP contribution >= 0.6 is 15.9 Å². The van der Waals surface area contributed by atoms with Crippen LogP contribution in [-0.2, 0) is 11.9 Å². The van der Waals surface area contributed by atoms with Crippen LogP contribution < -0.4 is 9.47 Å². The van der Waals surface area contributed by atoms with Gasteiger partial charge in [0, 0.05) is 10.9 Å². The average Bonchev–Trinajstić information content (AvgIpc) is 2.46. The second-order valence-corrected chi connectivity index (χ2v) is 4.62. The zero-order valence-corrected chi connectivity index (χ0v) is 12.2. The van der Waals surface area contributed by atoms with Gasteiger partial charge in [-0.05, 0) is 35.9 Å². The van der Waals surface area contributed by atoms with Crippen LogP contribution in [0.2, 0.25) is 0 Å². The van der Waals surface area contributed by atoms with E-state index in [2.05, 4.69) is 15.9 Å². The lowest BCUT2D eigenvalue weighted by Crippen LogP contribution is -1.98. The standard InChI is InChI=1S/C15H15BrO3/c1-18-14-6-7-15(12(8-14)9-16)19-10-11-2-4-13(17)5-3-11/h2-8,17H,9-10H2,1H3. The molecule has 0 atom stereocenters. The molecule has 0 spiro atoms. The highest BCUT2D eigenvalue weighted by Gasteiger charge is 2.05. The maximum Gasteiger partial charge on any atom is 0.124 e. The van der Waals surface area contributed by atoms with Crippen molar-refractivity contribution >= 4 is 15.9 Å². The number of phenols is 1. The maximum absolute atomic E-state index is 9.22. The molecule has 0 aliphatic carbocycles. The molecule has 100 valence electrons. The fourth-order valence-electron chi connectivity index (χ4n) is 1.68. The van der Waals surface area contributed by atoms with Crippen molar-refractivity contribution in [2.24, 2.45) is 0 Å². The molecule has 4 heteroatoms. The molecule has 0 aliphatic rings. The number of alkyl halides is 1. The number of methoxy groups -OCH3 is 1. The van der Waals surface area contributed by atoms with Crippen molar-refractivity contribution in [1.82, 2.24) is 0 Å². The van der Waals surface area contributed by atoms with Gasteiger partial charge in [0.1, 0.15) is 23.9 Å². The number of halogens is 1. The first kappa shape index (κ1) is 13.7. The highest BCUT2D eigenvalue weighted by Crippen LogP contribution is 2.27. The monoisotopic (exact) mass is 322 g/mol. The van der Waals surface area contributed by atoms with Crippen LogP contribution in [0.3, 0.4) is 0 Å². The molecular weight excluding hydrogens is 308 g/mol. The highest BCUT2D eigenvalue weighted by atomic mass is 79.9. The van der Waals surface area contributed by atoms with E-state index in [0.717, 1.165) is 22.6 Å². The van der Waals surface area contributed by atoms with Gasteiger partial charge in [-0.1, -0.05) is 28.1 Å². The summed E-state index contributed by atoms with van der Waals surface area (Å²) in [7, 11) is 1.64. The Kier molecular flexibility index (Phi) is 4.68. The highest BCUT2D eigenvalue weighted by molar-refractivity contribution is 9.08. The molecule has 0 aliphatic heterocycles. The molecule has 0 bridgehead atoms. The van der Waals surface area contributed by atoms with Crippen LogP contribution in [0.4, 0.5) is 0 Å². The summed E-state index contributed by atoms with van der Waals surface area (Å²) >= 11 is 3.44. The van der Waals surface area contributed by atoms with Crippen LogP contribution in [0, 0.1) is 0 Å². The number of phenolic OH excluding ortho intramolecular Hbond substituents is 1. The molecule has 2 aromatic rings. The fraction of sp³-hybridized carbons (Fsp3) is 0.200. The minimum Gasteiger partial charge on any atom is -0.508 e. The summed E-state index contributed by atoms with van der Waals surface area (Å²) in [5.41, 5.74) is 2.05. The zero-order chi connectivity index (χ0) is 13.7. The van der Waals surface area contributed by atoms with E-state index < -0.39 is 0 Å². The van der Waals surface area contributed by atoms with Gasteiger partial charge < -0.3 is 14.6 Å². The number of ether oxygens (including phenoxy) is 2. The Balaban J connectivity index is 2.08. The van der Waals surface area contributed by atoms with Gasteiger partial charge in [-0.2, -0.15) is 0 Å². The molecule has 0 saturated carbocycles. The van der Waals surface area contributed by atoms with Crippen molar-refractivity contribution in [3.8, 4) is 17.2 Å². The third-order valence-corrected chi connectivity index (χ3v) is 3.35. The molecular formula is C15H15BrO3. The van der Waals surface area contributed by atoms with Crippen LogP contribution in [0.1, 0.15) is 11.1 Å². The summed E-state index contributed by atoms with van der Waals surface area (Å²) in [6.45, 7) is 0.465. The number of hydrogen-bond donors (Lipinski definition) is 1. The molecule has 0 radical (unpaired) electrons. The lowest BCUT2D eigenvalue weighted by Gasteiger charge is -2.11. The summed E-state index contributed by atoms with van der Waals surface area (Å²) in [6, 6.07) is 12.7. The van der Waals surface area contributed by atoms with Crippen molar-refractivity contribution < 1.29 is 14.6 Å². The van der Waals surface area contributed by atoms with E-state index in [1.165, 1.54) is 0 Å². The van der Waals surface area contributed by atoms with E-state index in [-0.39, 0.29) is 5.75 Å². The molecule has 0 fully saturated rings. The smallest absolute Gasteiger partial charge is 0.124 e. The lowest BCUT2D eigenvalue weighted by molar-refractivity contribution is 0.303. The molecule has 0 heterocycles. The van der Waals surface area contributed by atoms with Gasteiger partial charge in [0.25, 0.3) is 0 Å². The maximum atomic E-state index is 9.22. The van der Waals surface area contributed by atoms with Crippen molar-refractivity contribution in [2.45, 2.75) is 11.9 Å². The Bertz CT molecular complexity index is 538. The summed E-state index contributed by atoms with van der Waals surface area (Å²) < 4.78 is 11.0. The van der Waals surface area contributed by atoms with E-state index >= 15 is 0 Å². The van der Waals surface area contributed by atoms with Crippen molar-refractivity contribution in [2.75, 3.05) is 7.11 Å². The second kappa shape index (κ2) is 6.48. The van der Waals surface area contributed by atoms with E-state index in [0.29, 0.717) is 11.9 Å². The van der Waals surface area contributed by atoms with Crippen LogP contribution in [-0.4, -0.2) is 12.2 Å². The molecule has 2 aromatic carbocycles. The Morgan fingerprint density at radius 3 is 2.47 bits per heavy atom. The quantitative estimate of drug-likeness (QED) is 0.849. The topological polar surface area (TPSA) is 38.7 Å². The van der Waals surface area contributed by atoms with Gasteiger partial charge in [0.2, 0.25) is 0 Å². The second-order valence-electron chi connectivity index (χ2n) is 4.06. The molecule has 3 nitrogen and oxygen atoms in total. The number of aromatic hydroxyl groups is 1. The van der Waals surface area contributed by atoms with Crippen molar-refractivity contribution in [3.05, 3.63) is 53.6 Å². The summed E-state index contributed by atoms with van der Waals surface area (Å²) in [4.78, 5) is 0. The number of benzene rings is 2. The van der Waals surface area contributed by atoms with Crippen molar-refractivity contribution in [1.29, 1.82) is 0 Å². The molecule has 2 rings (SSSR count). The average molecular weight is 323 g/mol. The minimum absolute atomic E-state index is 0.259. The fourth-order valence-corrected chi connectivity index (χ4v) is 2.12. The normalized spacial score (nSPS) is 10.2. The third kappa shape index (κ3) is 3.64. The van der Waals surface area contributed by atoms with E-state index in [4.69, 9.17) is 9.47 Å². The first-order valence-corrected chi connectivity index (χ1v) is 6.98. The zero-order valence-electron chi connectivity index (χ0n) is 10.6. The van der Waals surface area contributed by atoms with Gasteiger partial charge in [0.15, 0.2) is 0 Å². The van der Waals surface area contributed by atoms with Crippen LogP contribution in [0.5, 0.6) is 17.2 Å². The molecule has 0 aromatic heterocycles. The van der Waals surface area contributed by atoms with E-state index in [9.17, 15) is 5.11 Å². The molecule has 0 amide bonds. The van der Waals surface area contributed by atoms with Crippen molar-refractivity contribution in [3.63, 3.8) is 0 Å². The summed E-state index contributed by atoms with van der Waals surface area (Å²) in [5, 5.41) is 9.92. The molecule has 0 saturated heterocycles. The summed E-state index contributed by atoms with van der Waals surface area (Å²) in [6.07, 6.45) is 0. The third-order valence-electron chi connectivity index (χ3n) is 2.74. The van der Waals surface area contributed by atoms with Gasteiger partial charge in [0.05, 0.1) is 7.11 Å². The van der Waals surface area contributed by atoms with E-state index in [1.54, 1.807) is 19.2 Å². The van der Waals surface area contributed by atoms with Gasteiger partial charge >= 0.3 is 0 Å². The largest absolute Gasteiger partial charge is 0.508 e. The SMILES string of the molecule is COc1ccc(OCc2ccc(O)cc2)c(CBr)c1. The Labute approximate surface area is 120 Å². The predicted octanol–water partition coefficient (Wildman–Crippen LogP) is 3.87. The van der Waals surface area contributed by atoms with Crippen LogP contribution in [0.15, 0.2) is 42.5 Å². The first-order chi connectivity index (χ1) is 9.22. The number of rotatable bonds is 5. The molecule has 0 unspecified atom stereocenters. The predicted molar refractivity (Wildman–Crippen MR) is 78.1 cm³/mol. The van der Waals surface area contributed by atoms with Gasteiger partial charge in [-0.3, -0.25) is 0 Å². The summed E-state index contributed by atoms with van der Waals surface area (Å²) in [5.74, 6) is 1.89. The first-order valence-electron chi connectivity index (χ1n) is 5.86. The molecule has 19 heavy (non-hydrogen) atoms. The van der Waals surface area contributed by atoms with Crippen LogP contribution in [0.25, 0.3) is 0 Å². The Morgan fingerprint density at radius 1 is 1.11 bits per heavy atom. The molecule has 1 N–H and O–H groups in total. The van der Waals surface area contributed by atoms with E-state index in [1.807, 2.05) is 30.3 Å². The van der Waals surface area contributed by atoms with Gasteiger partial charge in [-0.15, -0.1) is 0 Å². The minimum atomic E-state index is 0.259. The Morgan fingerprint density at radius 2 is 1.84 bits per heavy atom. The van der Waals surface area contributed by atoms with Gasteiger partial charge in [-0.25, -0.2) is 0 Å².